The summed E-state index contributed by atoms with van der Waals surface area (Å²) in [5, 5.41) is 45.5. The fraction of sp³-hybridized carbons (Fsp3) is 0.389. The van der Waals surface area contributed by atoms with Gasteiger partial charge in [-0.05, 0) is 76.0 Å². The minimum Gasteiger partial charge on any atom is -0.463 e. The van der Waals surface area contributed by atoms with Crippen LogP contribution in [0.1, 0.15) is 68.8 Å². The lowest BCUT2D eigenvalue weighted by Crippen LogP contribution is -2.27. The number of aliphatic hydroxyl groups is 3. The number of esters is 1. The van der Waals surface area contributed by atoms with E-state index in [1.165, 1.54) is 11.8 Å². The van der Waals surface area contributed by atoms with Crippen molar-refractivity contribution in [3.8, 4) is 22.6 Å². The molecular formula is C36H44N4O6S2. The zero-order valence-electron chi connectivity index (χ0n) is 27.9. The maximum atomic E-state index is 13.3. The van der Waals surface area contributed by atoms with Gasteiger partial charge in [-0.15, -0.1) is 11.3 Å². The summed E-state index contributed by atoms with van der Waals surface area (Å²) >= 11 is 2.94. The molecule has 0 spiro atoms. The number of nitrogens with two attached hydrogens (primary N) is 1. The van der Waals surface area contributed by atoms with Gasteiger partial charge in [0.1, 0.15) is 28.5 Å². The number of hydrogen-bond donors (Lipinski definition) is 4. The molecule has 48 heavy (non-hydrogen) atoms. The number of hydrogen-bond acceptors (Lipinski definition) is 12. The highest BCUT2D eigenvalue weighted by molar-refractivity contribution is 7.99. The molecule has 3 heterocycles. The molecule has 0 saturated carbocycles. The van der Waals surface area contributed by atoms with E-state index in [-0.39, 0.29) is 49.2 Å². The predicted molar refractivity (Wildman–Crippen MR) is 189 cm³/mol. The largest absolute Gasteiger partial charge is 0.463 e. The molecule has 0 fully saturated rings. The second-order valence-corrected chi connectivity index (χ2v) is 11.9. The molecule has 0 saturated heterocycles. The first kappa shape index (κ1) is 40.0. The highest BCUT2D eigenvalue weighted by atomic mass is 32.2. The number of carbonyl (C=O) groups excluding carboxylic acids is 1. The quantitative estimate of drug-likeness (QED) is 0.169. The molecule has 3 aromatic rings. The van der Waals surface area contributed by atoms with Crippen molar-refractivity contribution in [2.45, 2.75) is 64.3 Å². The molecule has 1 aliphatic carbocycles. The van der Waals surface area contributed by atoms with Gasteiger partial charge in [0.15, 0.2) is 0 Å². The third-order valence-corrected chi connectivity index (χ3v) is 8.65. The summed E-state index contributed by atoms with van der Waals surface area (Å²) in [4.78, 5) is 19.3. The Morgan fingerprint density at radius 2 is 1.67 bits per heavy atom. The monoisotopic (exact) mass is 692 g/mol. The maximum absolute atomic E-state index is 13.3. The minimum absolute atomic E-state index is 0.0480. The second kappa shape index (κ2) is 21.7. The third kappa shape index (κ3) is 10.4. The van der Waals surface area contributed by atoms with Gasteiger partial charge >= 0.3 is 5.97 Å². The van der Waals surface area contributed by atoms with E-state index in [0.717, 1.165) is 52.9 Å². The second-order valence-electron chi connectivity index (χ2n) is 10.0. The summed E-state index contributed by atoms with van der Waals surface area (Å²) in [6, 6.07) is 17.8. The Bertz CT molecular complexity index is 1610. The predicted octanol–water partition coefficient (Wildman–Crippen LogP) is 5.97. The van der Waals surface area contributed by atoms with Crippen LogP contribution in [0.3, 0.4) is 0 Å². The van der Waals surface area contributed by atoms with E-state index in [4.69, 9.17) is 35.5 Å². The van der Waals surface area contributed by atoms with Crippen LogP contribution in [0.2, 0.25) is 0 Å². The number of fused-ring (bicyclic) bond motifs is 1. The van der Waals surface area contributed by atoms with E-state index in [1.54, 1.807) is 39.0 Å². The van der Waals surface area contributed by atoms with Gasteiger partial charge in [0.2, 0.25) is 5.88 Å². The molecule has 0 radical (unpaired) electrons. The first-order valence-electron chi connectivity index (χ1n) is 15.8. The number of thiophene rings is 1. The van der Waals surface area contributed by atoms with E-state index in [2.05, 4.69) is 12.1 Å². The SMILES string of the molecule is CCO.CCO.CCO.CCOC(=O)C1=C(CSc2nc3c(c(-c4cccs4)c2C#N)CCCC3)OC(N)=C(C#N)C1c1ccccc1. The number of nitrogens with zero attached hydrogens (tertiary/aromatic N) is 3. The van der Waals surface area contributed by atoms with Gasteiger partial charge in [0.05, 0.1) is 29.4 Å². The lowest BCUT2D eigenvalue weighted by Gasteiger charge is -2.28. The highest BCUT2D eigenvalue weighted by Gasteiger charge is 2.38. The van der Waals surface area contributed by atoms with E-state index >= 15 is 0 Å². The van der Waals surface area contributed by atoms with Crippen molar-refractivity contribution >= 4 is 29.1 Å². The topological polar surface area (TPSA) is 183 Å². The third-order valence-electron chi connectivity index (χ3n) is 6.79. The molecule has 12 heteroatoms. The average molecular weight is 693 g/mol. The van der Waals surface area contributed by atoms with E-state index in [1.807, 2.05) is 47.8 Å². The van der Waals surface area contributed by atoms with Crippen LogP contribution < -0.4 is 5.73 Å². The van der Waals surface area contributed by atoms with Crippen LogP contribution in [0.4, 0.5) is 0 Å². The minimum atomic E-state index is -0.729. The first-order chi connectivity index (χ1) is 23.3. The number of carbonyl (C=O) groups is 1. The Hall–Kier alpha value is -4.17. The fourth-order valence-electron chi connectivity index (χ4n) is 5.09. The molecular weight excluding hydrogens is 649 g/mol. The van der Waals surface area contributed by atoms with Gasteiger partial charge in [-0.25, -0.2) is 9.78 Å². The Morgan fingerprint density at radius 1 is 1.02 bits per heavy atom. The van der Waals surface area contributed by atoms with Crippen molar-refractivity contribution in [2.24, 2.45) is 5.73 Å². The van der Waals surface area contributed by atoms with Crippen LogP contribution in [0.5, 0.6) is 0 Å². The normalized spacial score (nSPS) is 14.6. The van der Waals surface area contributed by atoms with Crippen molar-refractivity contribution in [3.05, 3.63) is 93.0 Å². The fourth-order valence-corrected chi connectivity index (χ4v) is 6.84. The van der Waals surface area contributed by atoms with Crippen LogP contribution in [0.15, 0.2) is 75.7 Å². The molecule has 10 nitrogen and oxygen atoms in total. The summed E-state index contributed by atoms with van der Waals surface area (Å²) in [5.74, 6) is -0.868. The van der Waals surface area contributed by atoms with Crippen LogP contribution in [-0.2, 0) is 27.1 Å². The Kier molecular flexibility index (Phi) is 18.0. The molecule has 2 aliphatic rings. The molecule has 2 aromatic heterocycles. The van der Waals surface area contributed by atoms with Crippen LogP contribution in [-0.4, -0.2) is 58.5 Å². The maximum Gasteiger partial charge on any atom is 0.338 e. The van der Waals surface area contributed by atoms with Gasteiger partial charge in [0, 0.05) is 36.0 Å². The van der Waals surface area contributed by atoms with Crippen molar-refractivity contribution in [1.29, 1.82) is 10.5 Å². The number of ether oxygens (including phenoxy) is 2. The summed E-state index contributed by atoms with van der Waals surface area (Å²) < 4.78 is 11.3. The standard InChI is InChI=1S/C30H26N4O3S2.3C2H6O/c1-2-36-30(35)27-23(37-28(33)20(15-31)25(27)18-9-4-3-5-10-18)17-39-29-21(16-32)26(24-13-8-14-38-24)19-11-6-7-12-22(19)34-29;3*1-2-3/h3-5,8-10,13-14,25H,2,6-7,11-12,17,33H2,1H3;3*3H,2H2,1H3. The zero-order chi connectivity index (χ0) is 35.5. The molecule has 1 aliphatic heterocycles. The van der Waals surface area contributed by atoms with Crippen LogP contribution >= 0.6 is 23.1 Å². The van der Waals surface area contributed by atoms with Crippen LogP contribution in [0.25, 0.3) is 10.4 Å². The molecule has 0 amide bonds. The summed E-state index contributed by atoms with van der Waals surface area (Å²) in [5.41, 5.74) is 11.0. The average Bonchev–Trinajstić information content (AvgIpc) is 3.62. The zero-order valence-corrected chi connectivity index (χ0v) is 29.5. The number of thioether (sulfide) groups is 1. The van der Waals surface area contributed by atoms with E-state index in [0.29, 0.717) is 16.3 Å². The Labute approximate surface area is 291 Å². The smallest absolute Gasteiger partial charge is 0.338 e. The lowest BCUT2D eigenvalue weighted by molar-refractivity contribution is -0.139. The van der Waals surface area contributed by atoms with Gasteiger partial charge < -0.3 is 30.5 Å². The first-order valence-corrected chi connectivity index (χ1v) is 17.7. The summed E-state index contributed by atoms with van der Waals surface area (Å²) in [7, 11) is 0. The van der Waals surface area contributed by atoms with E-state index < -0.39 is 11.9 Å². The Morgan fingerprint density at radius 3 is 2.23 bits per heavy atom. The van der Waals surface area contributed by atoms with Gasteiger partial charge in [-0.2, -0.15) is 10.5 Å². The molecule has 5 rings (SSSR count). The van der Waals surface area contributed by atoms with Crippen molar-refractivity contribution in [2.75, 3.05) is 32.2 Å². The van der Waals surface area contributed by atoms with E-state index in [9.17, 15) is 15.3 Å². The number of pyridine rings is 1. The van der Waals surface area contributed by atoms with Gasteiger partial charge in [-0.1, -0.05) is 48.2 Å². The molecule has 256 valence electrons. The van der Waals surface area contributed by atoms with Crippen LogP contribution in [0, 0.1) is 22.7 Å². The number of nitriles is 2. The van der Waals surface area contributed by atoms with Crippen molar-refractivity contribution in [1.82, 2.24) is 4.98 Å². The molecule has 1 aromatic carbocycles. The molecule has 1 unspecified atom stereocenters. The number of aryl methyl sites for hydroxylation is 1. The molecule has 0 bridgehead atoms. The molecule has 1 atom stereocenters. The van der Waals surface area contributed by atoms with Gasteiger partial charge in [-0.3, -0.25) is 0 Å². The number of rotatable bonds is 7. The number of aliphatic hydroxyl groups excluding tert-OH is 3. The highest BCUT2D eigenvalue weighted by Crippen LogP contribution is 2.43. The lowest BCUT2D eigenvalue weighted by atomic mass is 9.83. The number of aromatic nitrogens is 1. The summed E-state index contributed by atoms with van der Waals surface area (Å²) in [6.07, 6.45) is 3.88. The Balaban J connectivity index is 0.000000802. The van der Waals surface area contributed by atoms with Gasteiger partial charge in [0.25, 0.3) is 0 Å². The van der Waals surface area contributed by atoms with Crippen molar-refractivity contribution < 1.29 is 29.6 Å². The molecule has 5 N–H and O–H groups in total. The number of benzene rings is 1. The summed E-state index contributed by atoms with van der Waals surface area (Å²) in [6.45, 7) is 7.69. The van der Waals surface area contributed by atoms with Crippen molar-refractivity contribution in [3.63, 3.8) is 0 Å². The number of allylic oxidation sites excluding steroid dienone is 1.